The first-order valence-corrected chi connectivity index (χ1v) is 7.61. The number of ether oxygens (including phenoxy) is 1. The molecule has 0 bridgehead atoms. The smallest absolute Gasteiger partial charge is 0.396 e. The highest BCUT2D eigenvalue weighted by Gasteiger charge is 2.42. The van der Waals surface area contributed by atoms with Gasteiger partial charge in [0, 0.05) is 19.1 Å². The maximum atomic E-state index is 12.8. The van der Waals surface area contributed by atoms with Gasteiger partial charge in [-0.1, -0.05) is 12.1 Å². The Kier molecular flexibility index (Phi) is 5.71. The number of carbonyl (C=O) groups excluding carboxylic acids is 1. The van der Waals surface area contributed by atoms with Crippen molar-refractivity contribution in [2.75, 3.05) is 26.9 Å². The van der Waals surface area contributed by atoms with Crippen LogP contribution in [0.25, 0.3) is 0 Å². The molecule has 0 heterocycles. The molecule has 1 aliphatic rings. The Balaban J connectivity index is 2.02. The van der Waals surface area contributed by atoms with Gasteiger partial charge in [-0.15, -0.1) is 0 Å². The molecule has 1 saturated carbocycles. The zero-order valence-electron chi connectivity index (χ0n) is 13.3. The van der Waals surface area contributed by atoms with Crippen molar-refractivity contribution in [2.24, 2.45) is 5.41 Å². The lowest BCUT2D eigenvalue weighted by Crippen LogP contribution is -2.42. The van der Waals surface area contributed by atoms with E-state index < -0.39 is 23.8 Å². The zero-order chi connectivity index (χ0) is 17.8. The molecule has 5 nitrogen and oxygen atoms in total. The molecule has 1 aromatic rings. The molecule has 8 heteroatoms. The van der Waals surface area contributed by atoms with Crippen LogP contribution in [0.2, 0.25) is 0 Å². The Bertz CT molecular complexity index is 574. The van der Waals surface area contributed by atoms with Gasteiger partial charge in [0.1, 0.15) is 0 Å². The molecule has 1 aliphatic carbocycles. The maximum Gasteiger partial charge on any atom is 0.416 e. The van der Waals surface area contributed by atoms with Gasteiger partial charge in [0.15, 0.2) is 0 Å². The Hall–Kier alpha value is -1.80. The maximum absolute atomic E-state index is 12.8. The van der Waals surface area contributed by atoms with Gasteiger partial charge in [-0.25, -0.2) is 4.79 Å². The van der Waals surface area contributed by atoms with E-state index in [1.807, 2.05) is 0 Å². The predicted octanol–water partition coefficient (Wildman–Crippen LogP) is 2.46. The fourth-order valence-electron chi connectivity index (χ4n) is 2.36. The summed E-state index contributed by atoms with van der Waals surface area (Å²) in [7, 11) is 1.41. The minimum atomic E-state index is -4.45. The Morgan fingerprint density at radius 2 is 2.12 bits per heavy atom. The van der Waals surface area contributed by atoms with Crippen LogP contribution in [0.1, 0.15) is 30.0 Å². The second kappa shape index (κ2) is 7.40. The molecule has 134 valence electrons. The van der Waals surface area contributed by atoms with Crippen molar-refractivity contribution in [3.05, 3.63) is 35.4 Å². The van der Waals surface area contributed by atoms with Gasteiger partial charge in [-0.2, -0.15) is 13.2 Å². The molecule has 3 N–H and O–H groups in total. The fraction of sp³-hybridized carbons (Fsp3) is 0.562. The standard InChI is InChI=1S/C16H21F3N2O3/c1-24-8-13(11-3-2-4-12(7-11)16(17,18)19)21-14(23)20-9-15(10-22)5-6-15/h2-4,7,13,22H,5-6,8-10H2,1H3,(H2,20,21,23). The number of amides is 2. The third kappa shape index (κ3) is 4.85. The number of hydrogen-bond acceptors (Lipinski definition) is 3. The van der Waals surface area contributed by atoms with Crippen LogP contribution in [0.4, 0.5) is 18.0 Å². The van der Waals surface area contributed by atoms with E-state index in [0.717, 1.165) is 25.0 Å². The lowest BCUT2D eigenvalue weighted by Gasteiger charge is -2.21. The molecule has 1 unspecified atom stereocenters. The largest absolute Gasteiger partial charge is 0.416 e. The van der Waals surface area contributed by atoms with Crippen LogP contribution in [-0.4, -0.2) is 38.0 Å². The van der Waals surface area contributed by atoms with E-state index in [1.54, 1.807) is 0 Å². The van der Waals surface area contributed by atoms with E-state index >= 15 is 0 Å². The molecule has 0 spiro atoms. The highest BCUT2D eigenvalue weighted by atomic mass is 19.4. The van der Waals surface area contributed by atoms with Gasteiger partial charge in [0.05, 0.1) is 24.8 Å². The first-order chi connectivity index (χ1) is 11.3. The number of methoxy groups -OCH3 is 1. The number of nitrogens with one attached hydrogen (secondary N) is 2. The SMILES string of the molecule is COCC(NC(=O)NCC1(CO)CC1)c1cccc(C(F)(F)F)c1. The van der Waals surface area contributed by atoms with Gasteiger partial charge < -0.3 is 20.5 Å². The molecular weight excluding hydrogens is 325 g/mol. The van der Waals surface area contributed by atoms with Crippen molar-refractivity contribution in [1.82, 2.24) is 10.6 Å². The number of benzene rings is 1. The highest BCUT2D eigenvalue weighted by Crippen LogP contribution is 2.44. The first kappa shape index (κ1) is 18.5. The topological polar surface area (TPSA) is 70.6 Å². The van der Waals surface area contributed by atoms with E-state index in [2.05, 4.69) is 10.6 Å². The van der Waals surface area contributed by atoms with E-state index in [0.29, 0.717) is 12.1 Å². The van der Waals surface area contributed by atoms with Gasteiger partial charge in [-0.05, 0) is 30.5 Å². The molecule has 0 radical (unpaired) electrons. The minimum Gasteiger partial charge on any atom is -0.396 e. The van der Waals surface area contributed by atoms with Crippen LogP contribution in [0.15, 0.2) is 24.3 Å². The third-order valence-corrected chi connectivity index (χ3v) is 4.17. The lowest BCUT2D eigenvalue weighted by atomic mass is 10.0. The van der Waals surface area contributed by atoms with E-state index in [4.69, 9.17) is 4.74 Å². The molecule has 2 amide bonds. The van der Waals surface area contributed by atoms with Crippen molar-refractivity contribution in [1.29, 1.82) is 0 Å². The van der Waals surface area contributed by atoms with E-state index in [9.17, 15) is 23.1 Å². The average molecular weight is 346 g/mol. The quantitative estimate of drug-likeness (QED) is 0.710. The summed E-state index contributed by atoms with van der Waals surface area (Å²) in [6, 6.07) is 3.57. The monoisotopic (exact) mass is 346 g/mol. The third-order valence-electron chi connectivity index (χ3n) is 4.17. The van der Waals surface area contributed by atoms with Crippen molar-refractivity contribution in [2.45, 2.75) is 25.1 Å². The summed E-state index contributed by atoms with van der Waals surface area (Å²) in [5.74, 6) is 0. The van der Waals surface area contributed by atoms with Crippen LogP contribution in [0.5, 0.6) is 0 Å². The Labute approximate surface area is 138 Å². The number of urea groups is 1. The van der Waals surface area contributed by atoms with Crippen LogP contribution >= 0.6 is 0 Å². The van der Waals surface area contributed by atoms with E-state index in [-0.39, 0.29) is 18.6 Å². The molecule has 2 rings (SSSR count). The molecule has 1 fully saturated rings. The number of rotatable bonds is 7. The summed E-state index contributed by atoms with van der Waals surface area (Å²) in [5, 5.41) is 14.5. The van der Waals surface area contributed by atoms with Gasteiger partial charge in [0.25, 0.3) is 0 Å². The second-order valence-electron chi connectivity index (χ2n) is 6.12. The molecule has 0 aromatic heterocycles. The van der Waals surface area contributed by atoms with Crippen LogP contribution < -0.4 is 10.6 Å². The number of alkyl halides is 3. The van der Waals surface area contributed by atoms with Crippen molar-refractivity contribution < 1.29 is 27.8 Å². The van der Waals surface area contributed by atoms with Crippen LogP contribution in [0, 0.1) is 5.41 Å². The zero-order valence-corrected chi connectivity index (χ0v) is 13.3. The molecule has 1 atom stereocenters. The normalized spacial score (nSPS) is 17.2. The van der Waals surface area contributed by atoms with Crippen LogP contribution in [-0.2, 0) is 10.9 Å². The Morgan fingerprint density at radius 3 is 2.67 bits per heavy atom. The molecule has 0 saturated heterocycles. The second-order valence-corrected chi connectivity index (χ2v) is 6.12. The van der Waals surface area contributed by atoms with Gasteiger partial charge in [-0.3, -0.25) is 0 Å². The van der Waals surface area contributed by atoms with Crippen LogP contribution in [0.3, 0.4) is 0 Å². The lowest BCUT2D eigenvalue weighted by molar-refractivity contribution is -0.137. The van der Waals surface area contributed by atoms with Crippen molar-refractivity contribution in [3.63, 3.8) is 0 Å². The molecular formula is C16H21F3N2O3. The molecule has 0 aliphatic heterocycles. The van der Waals surface area contributed by atoms with Crippen molar-refractivity contribution in [3.8, 4) is 0 Å². The summed E-state index contributed by atoms with van der Waals surface area (Å²) < 4.78 is 43.5. The minimum absolute atomic E-state index is 0.00239. The van der Waals surface area contributed by atoms with Crippen molar-refractivity contribution >= 4 is 6.03 Å². The predicted molar refractivity (Wildman–Crippen MR) is 81.3 cm³/mol. The average Bonchev–Trinajstić information content (AvgIpc) is 3.32. The summed E-state index contributed by atoms with van der Waals surface area (Å²) in [6.45, 7) is 0.375. The van der Waals surface area contributed by atoms with Gasteiger partial charge in [0.2, 0.25) is 0 Å². The number of aliphatic hydroxyl groups excluding tert-OH is 1. The fourth-order valence-corrected chi connectivity index (χ4v) is 2.36. The summed E-state index contributed by atoms with van der Waals surface area (Å²) >= 11 is 0. The number of carbonyl (C=O) groups is 1. The first-order valence-electron chi connectivity index (χ1n) is 7.61. The van der Waals surface area contributed by atoms with E-state index in [1.165, 1.54) is 19.2 Å². The summed E-state index contributed by atoms with van der Waals surface area (Å²) in [4.78, 5) is 12.0. The highest BCUT2D eigenvalue weighted by molar-refractivity contribution is 5.74. The molecule has 1 aromatic carbocycles. The summed E-state index contributed by atoms with van der Waals surface area (Å²) in [6.07, 6.45) is -2.76. The Morgan fingerprint density at radius 1 is 1.42 bits per heavy atom. The molecule has 24 heavy (non-hydrogen) atoms. The van der Waals surface area contributed by atoms with Gasteiger partial charge >= 0.3 is 12.2 Å². The summed E-state index contributed by atoms with van der Waals surface area (Å²) in [5.41, 5.74) is -0.713. The number of aliphatic hydroxyl groups is 1. The number of hydrogen-bond donors (Lipinski definition) is 3. The number of halogens is 3.